The Hall–Kier alpha value is -4.14. The molecule has 7 heteroatoms. The molecule has 0 aliphatic heterocycles. The van der Waals surface area contributed by atoms with Crippen LogP contribution in [0.5, 0.6) is 0 Å². The van der Waals surface area contributed by atoms with Crippen LogP contribution in [-0.2, 0) is 11.4 Å². The molecule has 1 unspecified atom stereocenters. The maximum Gasteiger partial charge on any atom is 0.276 e. The van der Waals surface area contributed by atoms with Gasteiger partial charge in [-0.15, -0.1) is 0 Å². The number of hydrogen-bond acceptors (Lipinski definition) is 6. The molecule has 0 saturated carbocycles. The van der Waals surface area contributed by atoms with Crippen LogP contribution in [0.3, 0.4) is 0 Å². The summed E-state index contributed by atoms with van der Waals surface area (Å²) in [7, 11) is 0. The third-order valence-corrected chi connectivity index (χ3v) is 4.49. The van der Waals surface area contributed by atoms with E-state index >= 15 is 0 Å². The molecule has 0 spiro atoms. The van der Waals surface area contributed by atoms with E-state index in [1.807, 2.05) is 24.3 Å². The van der Waals surface area contributed by atoms with Crippen molar-refractivity contribution in [1.82, 2.24) is 10.5 Å². The summed E-state index contributed by atoms with van der Waals surface area (Å²) in [4.78, 5) is 22.5. The van der Waals surface area contributed by atoms with E-state index < -0.39 is 12.0 Å². The molecule has 1 aromatic heterocycles. The topological polar surface area (TPSA) is 104 Å². The Morgan fingerprint density at radius 3 is 2.58 bits per heavy atom. The van der Waals surface area contributed by atoms with Crippen LogP contribution in [0.15, 0.2) is 73.1 Å². The number of carbonyl (C=O) groups is 1. The lowest BCUT2D eigenvalue weighted by molar-refractivity contribution is 0.00721. The van der Waals surface area contributed by atoms with Gasteiger partial charge in [-0.2, -0.15) is 0 Å². The summed E-state index contributed by atoms with van der Waals surface area (Å²) in [5.41, 5.74) is 5.85. The van der Waals surface area contributed by atoms with Gasteiger partial charge >= 0.3 is 0 Å². The van der Waals surface area contributed by atoms with Crippen molar-refractivity contribution < 1.29 is 19.8 Å². The molecule has 0 saturated heterocycles. The average molecular weight is 441 g/mol. The summed E-state index contributed by atoms with van der Waals surface area (Å²) >= 11 is 0. The van der Waals surface area contributed by atoms with Crippen LogP contribution in [0.1, 0.15) is 33.2 Å². The van der Waals surface area contributed by atoms with E-state index in [1.165, 1.54) is 0 Å². The van der Waals surface area contributed by atoms with Crippen molar-refractivity contribution in [2.24, 2.45) is 0 Å². The molecule has 2 aromatic carbocycles. The minimum atomic E-state index is -0.825. The Balaban J connectivity index is 1.72. The summed E-state index contributed by atoms with van der Waals surface area (Å²) in [6, 6.07) is 18.0. The lowest BCUT2D eigenvalue weighted by atomic mass is 10.1. The first kappa shape index (κ1) is 23.5. The second kappa shape index (κ2) is 12.7. The fraction of sp³-hybridized carbons (Fsp3) is 0.154. The third kappa shape index (κ3) is 7.20. The number of carbonyl (C=O) groups excluding carboxylic acids is 1. The standard InChI is InChI=1S/C26H23N3O4/c30-16-4-7-20-6-3-8-22(18-20)25(11-5-17-31)33-29-26(32)23-9-1-2-10-24(23)28-19-21-12-14-27-15-13-21/h1-3,6,8-10,12-15,18,25,28,30-31H,16-17,19H2,(H,29,32). The number of pyridine rings is 1. The zero-order chi connectivity index (χ0) is 23.3. The third-order valence-electron chi connectivity index (χ3n) is 4.49. The fourth-order valence-electron chi connectivity index (χ4n) is 2.94. The normalized spacial score (nSPS) is 10.7. The molecule has 0 aliphatic carbocycles. The van der Waals surface area contributed by atoms with Gasteiger partial charge in [0.15, 0.2) is 6.10 Å². The van der Waals surface area contributed by atoms with Gasteiger partial charge in [0.05, 0.1) is 5.56 Å². The van der Waals surface area contributed by atoms with Gasteiger partial charge < -0.3 is 15.5 Å². The van der Waals surface area contributed by atoms with Gasteiger partial charge in [0, 0.05) is 30.2 Å². The smallest absolute Gasteiger partial charge is 0.276 e. The van der Waals surface area contributed by atoms with E-state index in [2.05, 4.69) is 39.5 Å². The van der Waals surface area contributed by atoms with Gasteiger partial charge in [0.1, 0.15) is 13.2 Å². The molecule has 166 valence electrons. The Morgan fingerprint density at radius 1 is 1.00 bits per heavy atom. The van der Waals surface area contributed by atoms with E-state index in [0.717, 1.165) is 5.56 Å². The van der Waals surface area contributed by atoms with Crippen molar-refractivity contribution in [2.75, 3.05) is 18.5 Å². The van der Waals surface area contributed by atoms with Gasteiger partial charge in [0.25, 0.3) is 5.91 Å². The first-order valence-electron chi connectivity index (χ1n) is 10.2. The van der Waals surface area contributed by atoms with Crippen LogP contribution < -0.4 is 10.8 Å². The highest BCUT2D eigenvalue weighted by Crippen LogP contribution is 2.19. The Morgan fingerprint density at radius 2 is 1.79 bits per heavy atom. The highest BCUT2D eigenvalue weighted by molar-refractivity contribution is 5.99. The van der Waals surface area contributed by atoms with Gasteiger partial charge in [-0.3, -0.25) is 14.6 Å². The average Bonchev–Trinajstić information content (AvgIpc) is 2.87. The van der Waals surface area contributed by atoms with Crippen LogP contribution in [0.2, 0.25) is 0 Å². The number of nitrogens with zero attached hydrogens (tertiary/aromatic N) is 1. The van der Waals surface area contributed by atoms with Gasteiger partial charge in [0.2, 0.25) is 0 Å². The van der Waals surface area contributed by atoms with E-state index in [4.69, 9.17) is 15.1 Å². The van der Waals surface area contributed by atoms with E-state index in [0.29, 0.717) is 28.9 Å². The van der Waals surface area contributed by atoms with Crippen LogP contribution in [0.4, 0.5) is 5.69 Å². The molecule has 7 nitrogen and oxygen atoms in total. The second-order valence-electron chi connectivity index (χ2n) is 6.75. The maximum absolute atomic E-state index is 12.9. The molecule has 1 amide bonds. The van der Waals surface area contributed by atoms with Crippen molar-refractivity contribution in [2.45, 2.75) is 12.6 Å². The van der Waals surface area contributed by atoms with E-state index in [-0.39, 0.29) is 13.2 Å². The summed E-state index contributed by atoms with van der Waals surface area (Å²) in [6.45, 7) is -0.0708. The maximum atomic E-state index is 12.9. The minimum Gasteiger partial charge on any atom is -0.384 e. The van der Waals surface area contributed by atoms with Crippen molar-refractivity contribution in [3.05, 3.63) is 95.3 Å². The van der Waals surface area contributed by atoms with Gasteiger partial charge in [-0.05, 0) is 47.5 Å². The predicted molar refractivity (Wildman–Crippen MR) is 125 cm³/mol. The molecule has 3 rings (SSSR count). The molecule has 0 fully saturated rings. The monoisotopic (exact) mass is 441 g/mol. The zero-order valence-electron chi connectivity index (χ0n) is 17.8. The highest BCUT2D eigenvalue weighted by Gasteiger charge is 2.15. The molecule has 33 heavy (non-hydrogen) atoms. The van der Waals surface area contributed by atoms with Crippen LogP contribution >= 0.6 is 0 Å². The molecule has 4 N–H and O–H groups in total. The molecule has 0 bridgehead atoms. The largest absolute Gasteiger partial charge is 0.384 e. The summed E-state index contributed by atoms with van der Waals surface area (Å²) in [6.07, 6.45) is 2.59. The van der Waals surface area contributed by atoms with Crippen molar-refractivity contribution in [1.29, 1.82) is 0 Å². The highest BCUT2D eigenvalue weighted by atomic mass is 16.7. The predicted octanol–water partition coefficient (Wildman–Crippen LogP) is 2.44. The first-order chi connectivity index (χ1) is 16.2. The lowest BCUT2D eigenvalue weighted by Crippen LogP contribution is -2.26. The van der Waals surface area contributed by atoms with E-state index in [1.54, 1.807) is 48.8 Å². The van der Waals surface area contributed by atoms with Crippen molar-refractivity contribution in [3.8, 4) is 23.7 Å². The molecule has 1 atom stereocenters. The number of rotatable bonds is 7. The summed E-state index contributed by atoms with van der Waals surface area (Å²) in [5.74, 6) is 10.3. The number of aliphatic hydroxyl groups excluding tert-OH is 2. The SMILES string of the molecule is O=C(NOC(C#CCO)c1cccc(C#CCO)c1)c1ccccc1NCc1ccncc1. The molecule has 0 radical (unpaired) electrons. The first-order valence-corrected chi connectivity index (χ1v) is 10.2. The van der Waals surface area contributed by atoms with Gasteiger partial charge in [-0.25, -0.2) is 5.48 Å². The quantitative estimate of drug-likeness (QED) is 0.332. The summed E-state index contributed by atoms with van der Waals surface area (Å²) < 4.78 is 0. The Labute approximate surface area is 192 Å². The number of hydrogen-bond donors (Lipinski definition) is 4. The molecule has 3 aromatic rings. The summed E-state index contributed by atoms with van der Waals surface area (Å²) in [5, 5.41) is 21.2. The van der Waals surface area contributed by atoms with Crippen molar-refractivity contribution >= 4 is 11.6 Å². The number of aliphatic hydroxyl groups is 2. The fourth-order valence-corrected chi connectivity index (χ4v) is 2.94. The van der Waals surface area contributed by atoms with Crippen LogP contribution in [-0.4, -0.2) is 34.3 Å². The number of nitrogens with one attached hydrogen (secondary N) is 2. The molecular formula is C26H23N3O4. The Bertz CT molecular complexity index is 1190. The number of aromatic nitrogens is 1. The minimum absolute atomic E-state index is 0.251. The molecular weight excluding hydrogens is 418 g/mol. The number of hydroxylamine groups is 1. The van der Waals surface area contributed by atoms with Crippen molar-refractivity contribution in [3.63, 3.8) is 0 Å². The number of benzene rings is 2. The van der Waals surface area contributed by atoms with E-state index in [9.17, 15) is 4.79 Å². The number of para-hydroxylation sites is 1. The number of amides is 1. The van der Waals surface area contributed by atoms with Gasteiger partial charge in [-0.1, -0.05) is 47.9 Å². The Kier molecular flexibility index (Phi) is 9.02. The van der Waals surface area contributed by atoms with Crippen LogP contribution in [0, 0.1) is 23.7 Å². The number of anilines is 1. The second-order valence-corrected chi connectivity index (χ2v) is 6.75. The molecule has 0 aliphatic rings. The van der Waals surface area contributed by atoms with Crippen LogP contribution in [0.25, 0.3) is 0 Å². The zero-order valence-corrected chi connectivity index (χ0v) is 17.8. The molecule has 1 heterocycles. The lowest BCUT2D eigenvalue weighted by Gasteiger charge is -2.15.